The Kier molecular flexibility index (Phi) is 5.44. The van der Waals surface area contributed by atoms with Crippen molar-refractivity contribution in [2.45, 2.75) is 31.3 Å². The number of hydrogen-bond acceptors (Lipinski definition) is 4. The van der Waals surface area contributed by atoms with Gasteiger partial charge in [-0.2, -0.15) is 0 Å². The number of carbonyl (C=O) groups excluding carboxylic acids is 1. The highest BCUT2D eigenvalue weighted by molar-refractivity contribution is 7.91. The average Bonchev–Trinajstić information content (AvgIpc) is 2.55. The highest BCUT2D eigenvalue weighted by Crippen LogP contribution is 2.28. The Morgan fingerprint density at radius 3 is 2.00 bits per heavy atom. The van der Waals surface area contributed by atoms with Gasteiger partial charge in [-0.15, -0.1) is 0 Å². The SMILES string of the molecule is CC(C)C(C)(CS(=O)(=O)c1ccccc1)OC(=O)c1ccccc1. The third-order valence-electron chi connectivity index (χ3n) is 4.14. The van der Waals surface area contributed by atoms with Crippen LogP contribution in [-0.4, -0.2) is 25.7 Å². The summed E-state index contributed by atoms with van der Waals surface area (Å²) in [7, 11) is -3.57. The van der Waals surface area contributed by atoms with Crippen molar-refractivity contribution in [3.63, 3.8) is 0 Å². The second-order valence-electron chi connectivity index (χ2n) is 6.30. The van der Waals surface area contributed by atoms with Gasteiger partial charge in [0.25, 0.3) is 0 Å². The molecular weight excluding hydrogens is 324 g/mol. The molecule has 0 N–H and O–H groups in total. The molecule has 4 nitrogen and oxygen atoms in total. The van der Waals surface area contributed by atoms with Crippen LogP contribution in [0.4, 0.5) is 0 Å². The highest BCUT2D eigenvalue weighted by Gasteiger charge is 2.38. The maximum absolute atomic E-state index is 12.7. The van der Waals surface area contributed by atoms with E-state index in [0.29, 0.717) is 5.56 Å². The van der Waals surface area contributed by atoms with Gasteiger partial charge in [0.2, 0.25) is 0 Å². The van der Waals surface area contributed by atoms with Crippen molar-refractivity contribution in [3.05, 3.63) is 66.2 Å². The first-order valence-electron chi connectivity index (χ1n) is 7.81. The molecule has 0 heterocycles. The van der Waals surface area contributed by atoms with Crippen molar-refractivity contribution in [1.82, 2.24) is 0 Å². The van der Waals surface area contributed by atoms with Crippen molar-refractivity contribution < 1.29 is 17.9 Å². The van der Waals surface area contributed by atoms with Gasteiger partial charge >= 0.3 is 5.97 Å². The van der Waals surface area contributed by atoms with Gasteiger partial charge in [0, 0.05) is 0 Å². The van der Waals surface area contributed by atoms with Crippen molar-refractivity contribution in [1.29, 1.82) is 0 Å². The molecule has 2 aromatic carbocycles. The van der Waals surface area contributed by atoms with Crippen LogP contribution in [0.1, 0.15) is 31.1 Å². The van der Waals surface area contributed by atoms with E-state index in [1.165, 1.54) is 0 Å². The van der Waals surface area contributed by atoms with Gasteiger partial charge in [0.05, 0.1) is 16.2 Å². The molecule has 128 valence electrons. The molecule has 0 spiro atoms. The fraction of sp³-hybridized carbons (Fsp3) is 0.316. The first kappa shape index (κ1) is 18.2. The van der Waals surface area contributed by atoms with Crippen LogP contribution in [0.15, 0.2) is 65.6 Å². The van der Waals surface area contributed by atoms with Crippen LogP contribution in [-0.2, 0) is 14.6 Å². The molecule has 0 aliphatic rings. The van der Waals surface area contributed by atoms with Crippen LogP contribution >= 0.6 is 0 Å². The maximum Gasteiger partial charge on any atom is 0.338 e. The summed E-state index contributed by atoms with van der Waals surface area (Å²) in [6.45, 7) is 5.36. The van der Waals surface area contributed by atoms with E-state index in [1.807, 2.05) is 13.8 Å². The van der Waals surface area contributed by atoms with Crippen LogP contribution in [0.2, 0.25) is 0 Å². The largest absolute Gasteiger partial charge is 0.454 e. The molecule has 0 amide bonds. The predicted octanol–water partition coefficient (Wildman–Crippen LogP) is 3.73. The predicted molar refractivity (Wildman–Crippen MR) is 93.6 cm³/mol. The molecule has 0 fully saturated rings. The molecule has 0 radical (unpaired) electrons. The minimum Gasteiger partial charge on any atom is -0.454 e. The number of esters is 1. The van der Waals surface area contributed by atoms with Crippen molar-refractivity contribution in [2.75, 3.05) is 5.75 Å². The second kappa shape index (κ2) is 7.18. The third-order valence-corrected chi connectivity index (χ3v) is 6.08. The average molecular weight is 346 g/mol. The number of sulfone groups is 1. The molecule has 24 heavy (non-hydrogen) atoms. The maximum atomic E-state index is 12.7. The summed E-state index contributed by atoms with van der Waals surface area (Å²) in [5.74, 6) is -0.945. The van der Waals surface area contributed by atoms with Crippen LogP contribution in [0.5, 0.6) is 0 Å². The molecule has 1 unspecified atom stereocenters. The van der Waals surface area contributed by atoms with Crippen LogP contribution in [0, 0.1) is 5.92 Å². The Labute approximate surface area is 143 Å². The lowest BCUT2D eigenvalue weighted by Crippen LogP contribution is -2.43. The normalized spacial score (nSPS) is 14.2. The van der Waals surface area contributed by atoms with Gasteiger partial charge in [-0.3, -0.25) is 0 Å². The fourth-order valence-corrected chi connectivity index (χ4v) is 4.13. The Hall–Kier alpha value is -2.14. The first-order valence-corrected chi connectivity index (χ1v) is 9.46. The zero-order valence-corrected chi connectivity index (χ0v) is 14.9. The van der Waals surface area contributed by atoms with E-state index in [-0.39, 0.29) is 16.6 Å². The molecule has 0 bridgehead atoms. The van der Waals surface area contributed by atoms with Crippen LogP contribution < -0.4 is 0 Å². The quantitative estimate of drug-likeness (QED) is 0.748. The Balaban J connectivity index is 2.26. The van der Waals surface area contributed by atoms with Crippen molar-refractivity contribution >= 4 is 15.8 Å². The first-order chi connectivity index (χ1) is 11.2. The number of ether oxygens (including phenoxy) is 1. The van der Waals surface area contributed by atoms with Gasteiger partial charge in [-0.05, 0) is 37.1 Å². The molecule has 0 aliphatic heterocycles. The van der Waals surface area contributed by atoms with E-state index in [2.05, 4.69) is 0 Å². The zero-order chi connectivity index (χ0) is 17.8. The lowest BCUT2D eigenvalue weighted by Gasteiger charge is -2.33. The van der Waals surface area contributed by atoms with E-state index in [9.17, 15) is 13.2 Å². The molecule has 0 aromatic heterocycles. The lowest BCUT2D eigenvalue weighted by atomic mass is 9.94. The molecule has 2 aromatic rings. The summed E-state index contributed by atoms with van der Waals surface area (Å²) in [5, 5.41) is 0. The van der Waals surface area contributed by atoms with E-state index in [0.717, 1.165) is 0 Å². The molecule has 0 saturated heterocycles. The van der Waals surface area contributed by atoms with E-state index >= 15 is 0 Å². The summed E-state index contributed by atoms with van der Waals surface area (Å²) in [5.41, 5.74) is -0.719. The number of rotatable bonds is 6. The van der Waals surface area contributed by atoms with Gasteiger partial charge in [0.15, 0.2) is 9.84 Å². The summed E-state index contributed by atoms with van der Waals surface area (Å²) in [4.78, 5) is 12.6. The summed E-state index contributed by atoms with van der Waals surface area (Å²) in [6, 6.07) is 16.8. The van der Waals surface area contributed by atoms with Crippen molar-refractivity contribution in [2.24, 2.45) is 5.92 Å². The Morgan fingerprint density at radius 2 is 1.50 bits per heavy atom. The third kappa shape index (κ3) is 4.23. The summed E-state index contributed by atoms with van der Waals surface area (Å²) in [6.07, 6.45) is 0. The zero-order valence-electron chi connectivity index (χ0n) is 14.1. The summed E-state index contributed by atoms with van der Waals surface area (Å²) >= 11 is 0. The van der Waals surface area contributed by atoms with E-state index < -0.39 is 21.4 Å². The van der Waals surface area contributed by atoms with Crippen LogP contribution in [0.25, 0.3) is 0 Å². The molecule has 2 rings (SSSR count). The van der Waals surface area contributed by atoms with Gasteiger partial charge in [0.1, 0.15) is 5.60 Å². The van der Waals surface area contributed by atoms with E-state index in [1.54, 1.807) is 67.6 Å². The Bertz CT molecular complexity index is 783. The van der Waals surface area contributed by atoms with Gasteiger partial charge in [-0.25, -0.2) is 13.2 Å². The monoisotopic (exact) mass is 346 g/mol. The highest BCUT2D eigenvalue weighted by atomic mass is 32.2. The Morgan fingerprint density at radius 1 is 1.00 bits per heavy atom. The minimum absolute atomic E-state index is 0.163. The molecule has 5 heteroatoms. The van der Waals surface area contributed by atoms with Crippen LogP contribution in [0.3, 0.4) is 0 Å². The second-order valence-corrected chi connectivity index (χ2v) is 8.28. The number of carbonyl (C=O) groups is 1. The lowest BCUT2D eigenvalue weighted by molar-refractivity contribution is -0.0203. The van der Waals surface area contributed by atoms with E-state index in [4.69, 9.17) is 4.74 Å². The minimum atomic E-state index is -3.57. The number of hydrogen-bond donors (Lipinski definition) is 0. The van der Waals surface area contributed by atoms with Crippen molar-refractivity contribution in [3.8, 4) is 0 Å². The molecule has 0 saturated carbocycles. The van der Waals surface area contributed by atoms with Gasteiger partial charge in [-0.1, -0.05) is 50.2 Å². The standard InChI is InChI=1S/C19H22O4S/c1-15(2)19(3,23-18(20)16-10-6-4-7-11-16)14-24(21,22)17-12-8-5-9-13-17/h4-13,15H,14H2,1-3H3. The topological polar surface area (TPSA) is 60.4 Å². The molecule has 1 atom stereocenters. The number of benzene rings is 2. The smallest absolute Gasteiger partial charge is 0.338 e. The molecule has 0 aliphatic carbocycles. The molecular formula is C19H22O4S. The summed E-state index contributed by atoms with van der Waals surface area (Å²) < 4.78 is 31.0. The van der Waals surface area contributed by atoms with Gasteiger partial charge < -0.3 is 4.74 Å². The fourth-order valence-electron chi connectivity index (χ4n) is 2.25.